The molecule has 19 heavy (non-hydrogen) atoms. The summed E-state index contributed by atoms with van der Waals surface area (Å²) in [5.74, 6) is -2.21. The van der Waals surface area contributed by atoms with Gasteiger partial charge in [-0.1, -0.05) is 12.1 Å². The van der Waals surface area contributed by atoms with Gasteiger partial charge in [-0.25, -0.2) is 4.98 Å². The number of anilines is 1. The van der Waals surface area contributed by atoms with Crippen molar-refractivity contribution in [2.24, 2.45) is 5.92 Å². The van der Waals surface area contributed by atoms with E-state index in [0.717, 1.165) is 0 Å². The summed E-state index contributed by atoms with van der Waals surface area (Å²) in [5, 5.41) is 13.2. The van der Waals surface area contributed by atoms with E-state index in [1.807, 2.05) is 0 Å². The third-order valence-electron chi connectivity index (χ3n) is 2.33. The van der Waals surface area contributed by atoms with Gasteiger partial charge in [0.2, 0.25) is 0 Å². The molecule has 6 heteroatoms. The molecule has 2 aromatic heterocycles. The first-order valence-corrected chi connectivity index (χ1v) is 6.29. The van der Waals surface area contributed by atoms with Crippen LogP contribution in [0.5, 0.6) is 0 Å². The average molecular weight is 271 g/mol. The Hall–Kier alpha value is -2.52. The molecule has 1 atom stereocenters. The number of carbonyl (C=O) groups excluding carboxylic acids is 2. The van der Waals surface area contributed by atoms with Gasteiger partial charge in [-0.15, -0.1) is 11.3 Å². The Bertz CT molecular complexity index is 617. The second-order valence-corrected chi connectivity index (χ2v) is 4.56. The van der Waals surface area contributed by atoms with Crippen LogP contribution in [0, 0.1) is 17.2 Å². The predicted molar refractivity (Wildman–Crippen MR) is 70.6 cm³/mol. The van der Waals surface area contributed by atoms with Gasteiger partial charge in [0, 0.05) is 6.20 Å². The standard InChI is InChI=1S/C13H9N3O2S/c14-8-9(12(17)10-4-3-7-19-10)13(18)16-11-5-1-2-6-15-11/h1-7,9H,(H,15,16,18). The topological polar surface area (TPSA) is 82.8 Å². The van der Waals surface area contributed by atoms with Crippen molar-refractivity contribution in [2.45, 2.75) is 0 Å². The molecule has 0 bridgehead atoms. The molecule has 1 N–H and O–H groups in total. The normalized spacial score (nSPS) is 11.3. The lowest BCUT2D eigenvalue weighted by atomic mass is 10.0. The van der Waals surface area contributed by atoms with Crippen molar-refractivity contribution >= 4 is 28.8 Å². The fourth-order valence-electron chi connectivity index (χ4n) is 1.43. The van der Waals surface area contributed by atoms with E-state index in [0.29, 0.717) is 10.7 Å². The van der Waals surface area contributed by atoms with Crippen LogP contribution >= 0.6 is 11.3 Å². The van der Waals surface area contributed by atoms with Crippen LogP contribution in [0.2, 0.25) is 0 Å². The summed E-state index contributed by atoms with van der Waals surface area (Å²) in [6.07, 6.45) is 1.51. The van der Waals surface area contributed by atoms with Crippen molar-refractivity contribution < 1.29 is 9.59 Å². The first kappa shape index (κ1) is 12.9. The number of amides is 1. The molecular weight excluding hydrogens is 262 g/mol. The van der Waals surface area contributed by atoms with Gasteiger partial charge in [0.25, 0.3) is 5.91 Å². The van der Waals surface area contributed by atoms with Crippen LogP contribution in [0.15, 0.2) is 41.9 Å². The fourth-order valence-corrected chi connectivity index (χ4v) is 2.13. The molecule has 0 fully saturated rings. The first-order valence-electron chi connectivity index (χ1n) is 5.41. The van der Waals surface area contributed by atoms with Gasteiger partial charge in [-0.2, -0.15) is 5.26 Å². The third-order valence-corrected chi connectivity index (χ3v) is 3.22. The second kappa shape index (κ2) is 5.89. The van der Waals surface area contributed by atoms with Crippen molar-refractivity contribution in [3.05, 3.63) is 46.8 Å². The fraction of sp³-hybridized carbons (Fsp3) is 0.0769. The number of thiophene rings is 1. The van der Waals surface area contributed by atoms with Crippen molar-refractivity contribution in [3.8, 4) is 6.07 Å². The lowest BCUT2D eigenvalue weighted by molar-refractivity contribution is -0.117. The van der Waals surface area contributed by atoms with Gasteiger partial charge in [-0.3, -0.25) is 9.59 Å². The highest BCUT2D eigenvalue weighted by Gasteiger charge is 2.28. The number of nitriles is 1. The Morgan fingerprint density at radius 2 is 2.16 bits per heavy atom. The Labute approximate surface area is 113 Å². The number of ketones is 1. The molecular formula is C13H9N3O2S. The van der Waals surface area contributed by atoms with Crippen molar-refractivity contribution in [3.63, 3.8) is 0 Å². The van der Waals surface area contributed by atoms with Crippen LogP contribution in [0.4, 0.5) is 5.82 Å². The number of rotatable bonds is 4. The number of pyridine rings is 1. The Morgan fingerprint density at radius 1 is 1.32 bits per heavy atom. The summed E-state index contributed by atoms with van der Waals surface area (Å²) in [6, 6.07) is 10.0. The summed E-state index contributed by atoms with van der Waals surface area (Å²) in [6.45, 7) is 0. The molecule has 0 radical (unpaired) electrons. The van der Waals surface area contributed by atoms with Gasteiger partial charge < -0.3 is 5.32 Å². The maximum absolute atomic E-state index is 12.0. The van der Waals surface area contributed by atoms with Crippen LogP contribution in [-0.4, -0.2) is 16.7 Å². The summed E-state index contributed by atoms with van der Waals surface area (Å²) in [5.41, 5.74) is 0. The van der Waals surface area contributed by atoms with Gasteiger partial charge >= 0.3 is 0 Å². The minimum atomic E-state index is -1.36. The molecule has 0 aromatic carbocycles. The number of nitrogens with one attached hydrogen (secondary N) is 1. The van der Waals surface area contributed by atoms with E-state index in [4.69, 9.17) is 5.26 Å². The molecule has 0 aliphatic rings. The molecule has 0 saturated heterocycles. The monoisotopic (exact) mass is 271 g/mol. The molecule has 2 aromatic rings. The van der Waals surface area contributed by atoms with Gasteiger partial charge in [0.05, 0.1) is 10.9 Å². The molecule has 1 amide bonds. The zero-order valence-corrected chi connectivity index (χ0v) is 10.6. The minimum Gasteiger partial charge on any atom is -0.309 e. The van der Waals surface area contributed by atoms with Gasteiger partial charge in [0.15, 0.2) is 11.7 Å². The SMILES string of the molecule is N#CC(C(=O)Nc1ccccn1)C(=O)c1cccs1. The van der Waals surface area contributed by atoms with Crippen LogP contribution in [0.25, 0.3) is 0 Å². The summed E-state index contributed by atoms with van der Waals surface area (Å²) < 4.78 is 0. The highest BCUT2D eigenvalue weighted by molar-refractivity contribution is 7.12. The number of hydrogen-bond acceptors (Lipinski definition) is 5. The zero-order valence-electron chi connectivity index (χ0n) is 9.74. The Kier molecular flexibility index (Phi) is 4.00. The van der Waals surface area contributed by atoms with Gasteiger partial charge in [0.1, 0.15) is 5.82 Å². The van der Waals surface area contributed by atoms with Crippen LogP contribution < -0.4 is 5.32 Å². The van der Waals surface area contributed by atoms with E-state index in [9.17, 15) is 9.59 Å². The van der Waals surface area contributed by atoms with Crippen LogP contribution in [0.3, 0.4) is 0 Å². The number of nitrogens with zero attached hydrogens (tertiary/aromatic N) is 2. The third kappa shape index (κ3) is 3.03. The van der Waals surface area contributed by atoms with E-state index in [1.165, 1.54) is 17.5 Å². The lowest BCUT2D eigenvalue weighted by Crippen LogP contribution is -2.28. The van der Waals surface area contributed by atoms with E-state index in [1.54, 1.807) is 41.8 Å². The smallest absolute Gasteiger partial charge is 0.250 e. The summed E-state index contributed by atoms with van der Waals surface area (Å²) in [4.78, 5) is 28.2. The first-order chi connectivity index (χ1) is 9.22. The van der Waals surface area contributed by atoms with Gasteiger partial charge in [-0.05, 0) is 23.6 Å². The maximum Gasteiger partial charge on any atom is 0.250 e. The average Bonchev–Trinajstić information content (AvgIpc) is 2.94. The van der Waals surface area contributed by atoms with E-state index in [-0.39, 0.29) is 0 Å². The molecule has 0 aliphatic carbocycles. The van der Waals surface area contributed by atoms with Crippen molar-refractivity contribution in [2.75, 3.05) is 5.32 Å². The number of hydrogen-bond donors (Lipinski definition) is 1. The predicted octanol–water partition coefficient (Wildman–Crippen LogP) is 2.10. The molecule has 0 aliphatic heterocycles. The molecule has 2 heterocycles. The summed E-state index contributed by atoms with van der Waals surface area (Å²) >= 11 is 1.20. The highest BCUT2D eigenvalue weighted by Crippen LogP contribution is 2.16. The molecule has 94 valence electrons. The van der Waals surface area contributed by atoms with E-state index in [2.05, 4.69) is 10.3 Å². The van der Waals surface area contributed by atoms with Crippen LogP contribution in [0.1, 0.15) is 9.67 Å². The quantitative estimate of drug-likeness (QED) is 0.682. The molecule has 0 spiro atoms. The van der Waals surface area contributed by atoms with Crippen LogP contribution in [-0.2, 0) is 4.79 Å². The minimum absolute atomic E-state index is 0.312. The number of carbonyl (C=O) groups is 2. The highest BCUT2D eigenvalue weighted by atomic mass is 32.1. The molecule has 0 saturated carbocycles. The van der Waals surface area contributed by atoms with E-state index < -0.39 is 17.6 Å². The summed E-state index contributed by atoms with van der Waals surface area (Å²) in [7, 11) is 0. The van der Waals surface area contributed by atoms with Crippen molar-refractivity contribution in [1.82, 2.24) is 4.98 Å². The lowest BCUT2D eigenvalue weighted by Gasteiger charge is -2.07. The number of aromatic nitrogens is 1. The molecule has 1 unspecified atom stereocenters. The number of Topliss-reactive ketones (excluding diaryl/α,β-unsaturated/α-hetero) is 1. The Balaban J connectivity index is 2.13. The Morgan fingerprint density at radius 3 is 2.74 bits per heavy atom. The molecule has 2 rings (SSSR count). The second-order valence-electron chi connectivity index (χ2n) is 3.61. The van der Waals surface area contributed by atoms with E-state index >= 15 is 0 Å². The van der Waals surface area contributed by atoms with Crippen molar-refractivity contribution in [1.29, 1.82) is 5.26 Å². The zero-order chi connectivity index (χ0) is 13.7. The maximum atomic E-state index is 12.0. The largest absolute Gasteiger partial charge is 0.309 e. The molecule has 5 nitrogen and oxygen atoms in total.